The summed E-state index contributed by atoms with van der Waals surface area (Å²) < 4.78 is 7.10. The van der Waals surface area contributed by atoms with E-state index >= 15 is 0 Å². The lowest BCUT2D eigenvalue weighted by atomic mass is 10.1. The van der Waals surface area contributed by atoms with Crippen molar-refractivity contribution in [2.75, 3.05) is 13.7 Å². The first kappa shape index (κ1) is 23.8. The van der Waals surface area contributed by atoms with Gasteiger partial charge in [-0.05, 0) is 71.9 Å². The number of carbonyl (C=O) groups excluding carboxylic acids is 2. The van der Waals surface area contributed by atoms with Gasteiger partial charge in [-0.25, -0.2) is 0 Å². The molecule has 9 heteroatoms. The number of nitrogens with zero attached hydrogens (tertiary/aromatic N) is 2. The van der Waals surface area contributed by atoms with Crippen LogP contribution in [0.1, 0.15) is 5.56 Å². The van der Waals surface area contributed by atoms with E-state index in [4.69, 9.17) is 27.9 Å². The summed E-state index contributed by atoms with van der Waals surface area (Å²) in [6, 6.07) is 18.2. The number of hydrogen-bond donors (Lipinski definition) is 1. The number of aliphatic hydroxyl groups excluding tert-OH is 1. The zero-order valence-corrected chi connectivity index (χ0v) is 20.9. The van der Waals surface area contributed by atoms with Gasteiger partial charge < -0.3 is 14.4 Å². The molecule has 5 rings (SSSR count). The zero-order valence-electron chi connectivity index (χ0n) is 18.6. The van der Waals surface area contributed by atoms with Crippen LogP contribution in [0.15, 0.2) is 65.6 Å². The Morgan fingerprint density at radius 2 is 1.54 bits per heavy atom. The molecule has 4 aromatic rings. The van der Waals surface area contributed by atoms with E-state index in [-0.39, 0.29) is 13.1 Å². The molecule has 1 fully saturated rings. The van der Waals surface area contributed by atoms with Gasteiger partial charge in [-0.3, -0.25) is 14.5 Å². The van der Waals surface area contributed by atoms with Crippen LogP contribution in [0.5, 0.6) is 5.75 Å². The van der Waals surface area contributed by atoms with E-state index in [1.165, 1.54) is 0 Å². The van der Waals surface area contributed by atoms with Crippen LogP contribution < -0.4 is 4.74 Å². The predicted molar refractivity (Wildman–Crippen MR) is 141 cm³/mol. The number of β-amino-alcohol motifs (C(OH)–C–C–N with tert-alkyl or cyclic N) is 1. The number of hydrogen-bond acceptors (Lipinski definition) is 5. The quantitative estimate of drug-likeness (QED) is 0.302. The Morgan fingerprint density at radius 3 is 2.11 bits per heavy atom. The molecular formula is C26H20Cl2N2O4S. The molecule has 178 valence electrons. The Kier molecular flexibility index (Phi) is 6.51. The van der Waals surface area contributed by atoms with Crippen LogP contribution in [-0.4, -0.2) is 45.5 Å². The largest absolute Gasteiger partial charge is 0.497 e. The highest BCUT2D eigenvalue weighted by atomic mass is 35.5. The van der Waals surface area contributed by atoms with Crippen LogP contribution in [0.4, 0.5) is 4.79 Å². The van der Waals surface area contributed by atoms with Crippen molar-refractivity contribution >= 4 is 74.0 Å². The van der Waals surface area contributed by atoms with Gasteiger partial charge in [0.1, 0.15) is 5.75 Å². The number of amides is 2. The predicted octanol–water partition coefficient (Wildman–Crippen LogP) is 6.21. The standard InChI is InChI=1S/C26H20Cl2N2O4S/c1-34-19-6-2-15(3-7-19)10-24-25(32)30(26(33)35-24)14-18(31)13-29-22-8-4-16(27)11-20(22)21-12-17(28)5-9-23(21)29/h2-12,18,31H,13-14H2,1H3/b24-10+/t18-/m1/s1. The van der Waals surface area contributed by atoms with Crippen molar-refractivity contribution in [3.63, 3.8) is 0 Å². The van der Waals surface area contributed by atoms with E-state index in [0.29, 0.717) is 20.7 Å². The van der Waals surface area contributed by atoms with Crippen LogP contribution in [0, 0.1) is 0 Å². The van der Waals surface area contributed by atoms with Crippen molar-refractivity contribution in [1.82, 2.24) is 9.47 Å². The molecule has 1 aliphatic rings. The summed E-state index contributed by atoms with van der Waals surface area (Å²) in [7, 11) is 1.58. The van der Waals surface area contributed by atoms with E-state index < -0.39 is 17.3 Å². The highest BCUT2D eigenvalue weighted by molar-refractivity contribution is 8.18. The third-order valence-corrected chi connectivity index (χ3v) is 7.24. The van der Waals surface area contributed by atoms with Crippen LogP contribution in [0.3, 0.4) is 0 Å². The lowest BCUT2D eigenvalue weighted by molar-refractivity contribution is -0.123. The van der Waals surface area contributed by atoms with E-state index in [9.17, 15) is 14.7 Å². The second-order valence-electron chi connectivity index (χ2n) is 8.15. The lowest BCUT2D eigenvalue weighted by Crippen LogP contribution is -2.37. The number of rotatable bonds is 6. The molecule has 0 radical (unpaired) electrons. The number of thioether (sulfide) groups is 1. The Balaban J connectivity index is 1.38. The van der Waals surface area contributed by atoms with Crippen molar-refractivity contribution in [2.24, 2.45) is 0 Å². The number of fused-ring (bicyclic) bond motifs is 3. The van der Waals surface area contributed by atoms with Crippen LogP contribution in [0.2, 0.25) is 10.0 Å². The maximum absolute atomic E-state index is 12.9. The summed E-state index contributed by atoms with van der Waals surface area (Å²) in [5.74, 6) is 0.281. The normalized spacial score (nSPS) is 16.1. The number of benzene rings is 3. The Hall–Kier alpha value is -2.97. The number of aromatic nitrogens is 1. The Labute approximate surface area is 215 Å². The third kappa shape index (κ3) is 4.65. The van der Waals surface area contributed by atoms with Crippen molar-refractivity contribution in [2.45, 2.75) is 12.6 Å². The van der Waals surface area contributed by atoms with Gasteiger partial charge >= 0.3 is 0 Å². The third-order valence-electron chi connectivity index (χ3n) is 5.86. The number of carbonyl (C=O) groups is 2. The second-order valence-corrected chi connectivity index (χ2v) is 10.0. The number of methoxy groups -OCH3 is 1. The van der Waals surface area contributed by atoms with Gasteiger partial charge in [0.2, 0.25) is 0 Å². The maximum atomic E-state index is 12.9. The molecule has 0 bridgehead atoms. The fraction of sp³-hybridized carbons (Fsp3) is 0.154. The van der Waals surface area contributed by atoms with Crippen molar-refractivity contribution < 1.29 is 19.4 Å². The molecule has 1 N–H and O–H groups in total. The Bertz CT molecular complexity index is 1440. The SMILES string of the molecule is COc1ccc(/C=C2/SC(=O)N(C[C@H](O)Cn3c4ccc(Cl)cc4c4cc(Cl)ccc43)C2=O)cc1. The molecule has 1 atom stereocenters. The Morgan fingerprint density at radius 1 is 0.943 bits per heavy atom. The molecule has 6 nitrogen and oxygen atoms in total. The van der Waals surface area contributed by atoms with Gasteiger partial charge in [0.05, 0.1) is 31.2 Å². The highest BCUT2D eigenvalue weighted by Crippen LogP contribution is 2.35. The minimum Gasteiger partial charge on any atom is -0.497 e. The van der Waals surface area contributed by atoms with Gasteiger partial charge in [-0.15, -0.1) is 0 Å². The van der Waals surface area contributed by atoms with Gasteiger partial charge in [0.25, 0.3) is 11.1 Å². The summed E-state index contributed by atoms with van der Waals surface area (Å²) >= 11 is 13.3. The smallest absolute Gasteiger partial charge is 0.293 e. The molecule has 2 amide bonds. The van der Waals surface area contributed by atoms with Crippen LogP contribution >= 0.6 is 35.0 Å². The molecular weight excluding hydrogens is 507 g/mol. The first-order valence-electron chi connectivity index (χ1n) is 10.8. The topological polar surface area (TPSA) is 71.8 Å². The molecule has 2 heterocycles. The zero-order chi connectivity index (χ0) is 24.7. The number of halogens is 2. The van der Waals surface area contributed by atoms with E-state index in [2.05, 4.69) is 0 Å². The molecule has 0 aliphatic carbocycles. The first-order chi connectivity index (χ1) is 16.8. The molecule has 1 aliphatic heterocycles. The number of imide groups is 1. The van der Waals surface area contributed by atoms with Crippen LogP contribution in [-0.2, 0) is 11.3 Å². The highest BCUT2D eigenvalue weighted by Gasteiger charge is 2.36. The summed E-state index contributed by atoms with van der Waals surface area (Å²) in [5, 5.41) is 13.5. The van der Waals surface area contributed by atoms with Crippen molar-refractivity contribution in [3.8, 4) is 5.75 Å². The maximum Gasteiger partial charge on any atom is 0.293 e. The first-order valence-corrected chi connectivity index (χ1v) is 12.4. The van der Waals surface area contributed by atoms with Gasteiger partial charge in [-0.2, -0.15) is 0 Å². The fourth-order valence-electron chi connectivity index (χ4n) is 4.23. The average molecular weight is 527 g/mol. The summed E-state index contributed by atoms with van der Waals surface area (Å²) in [4.78, 5) is 26.9. The van der Waals surface area contributed by atoms with Gasteiger partial charge in [0.15, 0.2) is 0 Å². The lowest BCUT2D eigenvalue weighted by Gasteiger charge is -2.19. The van der Waals surface area contributed by atoms with Crippen molar-refractivity contribution in [1.29, 1.82) is 0 Å². The molecule has 1 saturated heterocycles. The summed E-state index contributed by atoms with van der Waals surface area (Å²) in [5.41, 5.74) is 2.53. The molecule has 3 aromatic carbocycles. The summed E-state index contributed by atoms with van der Waals surface area (Å²) in [6.07, 6.45) is 0.686. The van der Waals surface area contributed by atoms with E-state index in [1.807, 2.05) is 41.0 Å². The minimum atomic E-state index is -0.978. The molecule has 1 aromatic heterocycles. The van der Waals surface area contributed by atoms with E-state index in [0.717, 1.165) is 44.0 Å². The fourth-order valence-corrected chi connectivity index (χ4v) is 5.43. The molecule has 35 heavy (non-hydrogen) atoms. The average Bonchev–Trinajstić information content (AvgIpc) is 3.27. The van der Waals surface area contributed by atoms with Crippen molar-refractivity contribution in [3.05, 3.63) is 81.2 Å². The second kappa shape index (κ2) is 9.59. The summed E-state index contributed by atoms with van der Waals surface area (Å²) in [6.45, 7) is 0.0650. The van der Waals surface area contributed by atoms with Crippen LogP contribution in [0.25, 0.3) is 27.9 Å². The number of ether oxygens (including phenoxy) is 1. The molecule has 0 saturated carbocycles. The monoisotopic (exact) mass is 526 g/mol. The molecule has 0 unspecified atom stereocenters. The minimum absolute atomic E-state index is 0.118. The van der Waals surface area contributed by atoms with Gasteiger partial charge in [-0.1, -0.05) is 35.3 Å². The molecule has 0 spiro atoms. The van der Waals surface area contributed by atoms with Gasteiger partial charge in [0, 0.05) is 31.9 Å². The number of aliphatic hydroxyl groups is 1. The van der Waals surface area contributed by atoms with E-state index in [1.54, 1.807) is 37.5 Å².